The molecular formula is C26H42O2. The Morgan fingerprint density at radius 3 is 2.29 bits per heavy atom. The van der Waals surface area contributed by atoms with Crippen LogP contribution in [0.4, 0.5) is 0 Å². The van der Waals surface area contributed by atoms with Crippen molar-refractivity contribution < 1.29 is 9.90 Å². The van der Waals surface area contributed by atoms with Crippen LogP contribution >= 0.6 is 0 Å². The molecular weight excluding hydrogens is 344 g/mol. The van der Waals surface area contributed by atoms with Crippen LogP contribution in [0.1, 0.15) is 120 Å². The molecule has 0 aliphatic heterocycles. The summed E-state index contributed by atoms with van der Waals surface area (Å²) in [5.41, 5.74) is 4.63. The van der Waals surface area contributed by atoms with Crippen molar-refractivity contribution in [3.05, 3.63) is 34.9 Å². The van der Waals surface area contributed by atoms with Crippen molar-refractivity contribution in [3.8, 4) is 0 Å². The van der Waals surface area contributed by atoms with E-state index in [0.717, 1.165) is 12.8 Å². The third kappa shape index (κ3) is 7.26. The minimum Gasteiger partial charge on any atom is -0.481 e. The van der Waals surface area contributed by atoms with E-state index in [2.05, 4.69) is 32.0 Å². The fraction of sp³-hybridized carbons (Fsp3) is 0.731. The van der Waals surface area contributed by atoms with Gasteiger partial charge in [0.15, 0.2) is 0 Å². The lowest BCUT2D eigenvalue weighted by molar-refractivity contribution is -0.137. The first-order valence-electron chi connectivity index (χ1n) is 11.9. The van der Waals surface area contributed by atoms with E-state index in [9.17, 15) is 4.79 Å². The van der Waals surface area contributed by atoms with Crippen LogP contribution in [0.25, 0.3) is 0 Å². The molecule has 0 spiro atoms. The zero-order valence-electron chi connectivity index (χ0n) is 18.4. The van der Waals surface area contributed by atoms with Gasteiger partial charge in [-0.1, -0.05) is 89.3 Å². The highest BCUT2D eigenvalue weighted by atomic mass is 16.4. The lowest BCUT2D eigenvalue weighted by Crippen LogP contribution is -2.29. The molecule has 1 aliphatic rings. The summed E-state index contributed by atoms with van der Waals surface area (Å²) in [5.74, 6) is -0.690. The summed E-state index contributed by atoms with van der Waals surface area (Å²) in [6.45, 7) is 4.50. The predicted octanol–water partition coefficient (Wildman–Crippen LogP) is 7.74. The Kier molecular flexibility index (Phi) is 10.1. The molecule has 1 fully saturated rings. The van der Waals surface area contributed by atoms with Crippen LogP contribution in [0, 0.1) is 6.92 Å². The third-order valence-electron chi connectivity index (χ3n) is 6.86. The van der Waals surface area contributed by atoms with E-state index in [4.69, 9.17) is 5.11 Å². The molecule has 1 aromatic rings. The molecule has 1 N–H and O–H groups in total. The smallest absolute Gasteiger partial charge is 0.303 e. The lowest BCUT2D eigenvalue weighted by Gasteiger charge is -2.38. The average Bonchev–Trinajstić information content (AvgIpc) is 2.69. The van der Waals surface area contributed by atoms with Crippen LogP contribution in [-0.4, -0.2) is 11.1 Å². The summed E-state index contributed by atoms with van der Waals surface area (Å²) < 4.78 is 0. The maximum atomic E-state index is 10.8. The minimum atomic E-state index is -0.690. The van der Waals surface area contributed by atoms with E-state index >= 15 is 0 Å². The van der Waals surface area contributed by atoms with Crippen molar-refractivity contribution in [1.29, 1.82) is 0 Å². The monoisotopic (exact) mass is 386 g/mol. The Hall–Kier alpha value is -1.31. The first-order valence-corrected chi connectivity index (χ1v) is 11.9. The molecule has 2 heteroatoms. The first-order chi connectivity index (χ1) is 13.6. The Labute approximate surface area is 173 Å². The summed E-state index contributed by atoms with van der Waals surface area (Å²) in [4.78, 5) is 10.8. The van der Waals surface area contributed by atoms with E-state index in [0.29, 0.717) is 5.41 Å². The van der Waals surface area contributed by atoms with Gasteiger partial charge >= 0.3 is 5.97 Å². The van der Waals surface area contributed by atoms with E-state index in [-0.39, 0.29) is 6.42 Å². The SMILES string of the molecule is CCCCCCCCCC1(c2ccc(CCCC(=O)O)c(C)c2)CCCCC1. The highest BCUT2D eigenvalue weighted by molar-refractivity contribution is 5.66. The van der Waals surface area contributed by atoms with E-state index in [1.165, 1.54) is 94.6 Å². The molecule has 1 saturated carbocycles. The van der Waals surface area contributed by atoms with Crippen molar-refractivity contribution in [2.75, 3.05) is 0 Å². The molecule has 0 saturated heterocycles. The van der Waals surface area contributed by atoms with Crippen molar-refractivity contribution in [1.82, 2.24) is 0 Å². The summed E-state index contributed by atoms with van der Waals surface area (Å²) in [5, 5.41) is 8.87. The number of benzene rings is 1. The van der Waals surface area contributed by atoms with Gasteiger partial charge in [-0.2, -0.15) is 0 Å². The topological polar surface area (TPSA) is 37.3 Å². The first kappa shape index (κ1) is 23.0. The Balaban J connectivity index is 1.95. The number of unbranched alkanes of at least 4 members (excludes halogenated alkanes) is 6. The quantitative estimate of drug-likeness (QED) is 0.352. The van der Waals surface area contributed by atoms with Gasteiger partial charge < -0.3 is 5.11 Å². The summed E-state index contributed by atoms with van der Waals surface area (Å²) in [7, 11) is 0. The largest absolute Gasteiger partial charge is 0.481 e. The van der Waals surface area contributed by atoms with Gasteiger partial charge in [0.05, 0.1) is 0 Å². The number of aryl methyl sites for hydroxylation is 2. The lowest BCUT2D eigenvalue weighted by atomic mass is 9.66. The van der Waals surface area contributed by atoms with Crippen LogP contribution < -0.4 is 0 Å². The maximum absolute atomic E-state index is 10.8. The number of carboxylic acid groups (broad SMARTS) is 1. The van der Waals surface area contributed by atoms with Crippen molar-refractivity contribution in [3.63, 3.8) is 0 Å². The summed E-state index contributed by atoms with van der Waals surface area (Å²) >= 11 is 0. The Bertz CT molecular complexity index is 584. The van der Waals surface area contributed by atoms with Crippen LogP contribution in [0.2, 0.25) is 0 Å². The van der Waals surface area contributed by atoms with Gasteiger partial charge in [-0.15, -0.1) is 0 Å². The van der Waals surface area contributed by atoms with E-state index < -0.39 is 5.97 Å². The predicted molar refractivity (Wildman–Crippen MR) is 119 cm³/mol. The highest BCUT2D eigenvalue weighted by Gasteiger charge is 2.33. The fourth-order valence-corrected chi connectivity index (χ4v) is 5.07. The second kappa shape index (κ2) is 12.3. The van der Waals surface area contributed by atoms with Gasteiger partial charge in [0.2, 0.25) is 0 Å². The van der Waals surface area contributed by atoms with Gasteiger partial charge in [0, 0.05) is 6.42 Å². The molecule has 2 rings (SSSR count). The van der Waals surface area contributed by atoms with Gasteiger partial charge in [-0.25, -0.2) is 0 Å². The number of hydrogen-bond acceptors (Lipinski definition) is 1. The molecule has 2 nitrogen and oxygen atoms in total. The van der Waals surface area contributed by atoms with Gasteiger partial charge in [0.1, 0.15) is 0 Å². The normalized spacial score (nSPS) is 16.2. The Morgan fingerprint density at radius 1 is 0.964 bits per heavy atom. The highest BCUT2D eigenvalue weighted by Crippen LogP contribution is 2.44. The molecule has 0 radical (unpaired) electrons. The molecule has 1 aliphatic carbocycles. The number of aliphatic carboxylic acids is 1. The van der Waals surface area contributed by atoms with Crippen molar-refractivity contribution >= 4 is 5.97 Å². The molecule has 0 bridgehead atoms. The van der Waals surface area contributed by atoms with Gasteiger partial charge in [-0.05, 0) is 61.1 Å². The zero-order valence-corrected chi connectivity index (χ0v) is 18.4. The third-order valence-corrected chi connectivity index (χ3v) is 6.86. The van der Waals surface area contributed by atoms with Crippen LogP contribution in [-0.2, 0) is 16.6 Å². The molecule has 158 valence electrons. The molecule has 0 atom stereocenters. The number of rotatable bonds is 13. The molecule has 0 heterocycles. The number of carboxylic acids is 1. The van der Waals surface area contributed by atoms with Crippen molar-refractivity contribution in [2.24, 2.45) is 0 Å². The molecule has 0 aromatic heterocycles. The number of carbonyl (C=O) groups is 1. The molecule has 28 heavy (non-hydrogen) atoms. The van der Waals surface area contributed by atoms with Crippen LogP contribution in [0.15, 0.2) is 18.2 Å². The van der Waals surface area contributed by atoms with Crippen LogP contribution in [0.3, 0.4) is 0 Å². The summed E-state index contributed by atoms with van der Waals surface area (Å²) in [6.07, 6.45) is 19.7. The van der Waals surface area contributed by atoms with E-state index in [1.807, 2.05) is 0 Å². The minimum absolute atomic E-state index is 0.267. The average molecular weight is 387 g/mol. The molecule has 0 amide bonds. The maximum Gasteiger partial charge on any atom is 0.303 e. The Morgan fingerprint density at radius 2 is 1.64 bits per heavy atom. The van der Waals surface area contributed by atoms with Gasteiger partial charge in [0.25, 0.3) is 0 Å². The van der Waals surface area contributed by atoms with Gasteiger partial charge in [-0.3, -0.25) is 4.79 Å². The zero-order chi connectivity index (χ0) is 20.2. The standard InChI is InChI=1S/C26H42O2/c1-3-4-5-6-7-8-10-18-26(19-11-9-12-20-26)24-17-16-23(22(2)21-24)14-13-15-25(27)28/h16-17,21H,3-15,18-20H2,1-2H3,(H,27,28). The van der Waals surface area contributed by atoms with Crippen LogP contribution in [0.5, 0.6) is 0 Å². The molecule has 1 aromatic carbocycles. The van der Waals surface area contributed by atoms with E-state index in [1.54, 1.807) is 5.56 Å². The second-order valence-corrected chi connectivity index (χ2v) is 9.10. The molecule has 0 unspecified atom stereocenters. The fourth-order valence-electron chi connectivity index (χ4n) is 5.07. The van der Waals surface area contributed by atoms with Crippen molar-refractivity contribution in [2.45, 2.75) is 122 Å². The number of hydrogen-bond donors (Lipinski definition) is 1. The summed E-state index contributed by atoms with van der Waals surface area (Å²) in [6, 6.07) is 7.09. The second-order valence-electron chi connectivity index (χ2n) is 9.10.